The molecule has 0 aliphatic carbocycles. The summed E-state index contributed by atoms with van der Waals surface area (Å²) in [4.78, 5) is 30.3. The van der Waals surface area contributed by atoms with Gasteiger partial charge in [-0.2, -0.15) is 0 Å². The number of ether oxygens (including phenoxy) is 3. The van der Waals surface area contributed by atoms with Gasteiger partial charge < -0.3 is 14.2 Å². The summed E-state index contributed by atoms with van der Waals surface area (Å²) in [5.41, 5.74) is 1.63. The van der Waals surface area contributed by atoms with E-state index in [4.69, 9.17) is 14.2 Å². The number of halogens is 1. The van der Waals surface area contributed by atoms with Gasteiger partial charge in [-0.3, -0.25) is 14.7 Å². The SMILES string of the molecule is CC(=O)OC=CCN(C(=O)OC(C)(C)C)c1cc(OCc2ccccc2)c2ncccc2c1I. The highest BCUT2D eigenvalue weighted by molar-refractivity contribution is 14.1. The van der Waals surface area contributed by atoms with E-state index >= 15 is 0 Å². The molecule has 0 saturated heterocycles. The van der Waals surface area contributed by atoms with Gasteiger partial charge in [0.15, 0.2) is 0 Å². The van der Waals surface area contributed by atoms with Crippen molar-refractivity contribution in [1.82, 2.24) is 4.98 Å². The number of benzene rings is 2. The monoisotopic (exact) mass is 574 g/mol. The van der Waals surface area contributed by atoms with Crippen LogP contribution in [0.4, 0.5) is 10.5 Å². The second kappa shape index (κ2) is 11.3. The molecule has 2 aromatic carbocycles. The molecule has 0 bridgehead atoms. The van der Waals surface area contributed by atoms with Gasteiger partial charge in [-0.25, -0.2) is 4.79 Å². The molecule has 0 aliphatic heterocycles. The van der Waals surface area contributed by atoms with Crippen LogP contribution in [-0.4, -0.2) is 29.2 Å². The highest BCUT2D eigenvalue weighted by atomic mass is 127. The van der Waals surface area contributed by atoms with Crippen molar-refractivity contribution in [3.63, 3.8) is 0 Å². The van der Waals surface area contributed by atoms with E-state index in [0.29, 0.717) is 23.6 Å². The van der Waals surface area contributed by atoms with E-state index in [9.17, 15) is 9.59 Å². The van der Waals surface area contributed by atoms with E-state index in [1.54, 1.807) is 18.3 Å². The fourth-order valence-electron chi connectivity index (χ4n) is 3.10. The van der Waals surface area contributed by atoms with Gasteiger partial charge in [-0.15, -0.1) is 0 Å². The van der Waals surface area contributed by atoms with Crippen LogP contribution in [0.3, 0.4) is 0 Å². The average Bonchev–Trinajstić information content (AvgIpc) is 2.78. The summed E-state index contributed by atoms with van der Waals surface area (Å²) in [6, 6.07) is 15.4. The van der Waals surface area contributed by atoms with Crippen LogP contribution in [0.15, 0.2) is 67.1 Å². The van der Waals surface area contributed by atoms with Crippen molar-refractivity contribution in [2.45, 2.75) is 39.9 Å². The fourth-order valence-corrected chi connectivity index (χ4v) is 3.98. The number of nitrogens with zero attached hydrogens (tertiary/aromatic N) is 2. The minimum absolute atomic E-state index is 0.127. The lowest BCUT2D eigenvalue weighted by Gasteiger charge is -2.28. The molecule has 3 rings (SSSR count). The van der Waals surface area contributed by atoms with Gasteiger partial charge >= 0.3 is 12.1 Å². The molecular weight excluding hydrogens is 547 g/mol. The van der Waals surface area contributed by atoms with Crippen molar-refractivity contribution in [1.29, 1.82) is 0 Å². The molecule has 0 N–H and O–H groups in total. The number of amides is 1. The zero-order valence-electron chi connectivity index (χ0n) is 19.6. The Morgan fingerprint density at radius 3 is 2.53 bits per heavy atom. The van der Waals surface area contributed by atoms with Crippen molar-refractivity contribution in [2.24, 2.45) is 0 Å². The second-order valence-electron chi connectivity index (χ2n) is 8.45. The fraction of sp³-hybridized carbons (Fsp3) is 0.269. The lowest BCUT2D eigenvalue weighted by molar-refractivity contribution is -0.135. The first kappa shape index (κ1) is 25.5. The lowest BCUT2D eigenvalue weighted by atomic mass is 10.1. The van der Waals surface area contributed by atoms with E-state index in [2.05, 4.69) is 27.6 Å². The predicted octanol–water partition coefficient (Wildman–Crippen LogP) is 6.24. The van der Waals surface area contributed by atoms with Gasteiger partial charge in [0.05, 0.1) is 18.5 Å². The van der Waals surface area contributed by atoms with Crippen molar-refractivity contribution in [3.05, 3.63) is 76.2 Å². The highest BCUT2D eigenvalue weighted by Crippen LogP contribution is 2.37. The molecule has 1 heterocycles. The number of esters is 1. The van der Waals surface area contributed by atoms with Gasteiger partial charge in [0.2, 0.25) is 0 Å². The normalized spacial score (nSPS) is 11.4. The average molecular weight is 574 g/mol. The Labute approximate surface area is 212 Å². The molecule has 1 amide bonds. The smallest absolute Gasteiger partial charge is 0.415 e. The van der Waals surface area contributed by atoms with Crippen molar-refractivity contribution < 1.29 is 23.8 Å². The van der Waals surface area contributed by atoms with Crippen LogP contribution in [0, 0.1) is 3.57 Å². The molecule has 8 heteroatoms. The first-order valence-corrected chi connectivity index (χ1v) is 11.8. The van der Waals surface area contributed by atoms with E-state index in [0.717, 1.165) is 14.5 Å². The van der Waals surface area contributed by atoms with Crippen LogP contribution in [0.5, 0.6) is 5.75 Å². The maximum atomic E-state index is 13.2. The first-order valence-electron chi connectivity index (χ1n) is 10.7. The van der Waals surface area contributed by atoms with Gasteiger partial charge in [-0.1, -0.05) is 30.3 Å². The Kier molecular flexibility index (Phi) is 8.49. The van der Waals surface area contributed by atoms with E-state index in [1.165, 1.54) is 18.1 Å². The number of carbonyl (C=O) groups excluding carboxylic acids is 2. The van der Waals surface area contributed by atoms with E-state index in [1.807, 2.05) is 63.2 Å². The van der Waals surface area contributed by atoms with Crippen LogP contribution >= 0.6 is 22.6 Å². The third-order valence-corrected chi connectivity index (χ3v) is 5.66. The molecule has 1 aromatic heterocycles. The number of carbonyl (C=O) groups is 2. The Balaban J connectivity index is 2.04. The molecular formula is C26H27IN2O5. The lowest BCUT2D eigenvalue weighted by Crippen LogP contribution is -2.37. The summed E-state index contributed by atoms with van der Waals surface area (Å²) >= 11 is 2.20. The maximum Gasteiger partial charge on any atom is 0.415 e. The van der Waals surface area contributed by atoms with Crippen molar-refractivity contribution >= 4 is 51.2 Å². The third-order valence-electron chi connectivity index (χ3n) is 4.53. The third kappa shape index (κ3) is 6.93. The molecule has 0 saturated carbocycles. The van der Waals surface area contributed by atoms with Crippen LogP contribution in [0.2, 0.25) is 0 Å². The summed E-state index contributed by atoms with van der Waals surface area (Å²) in [5, 5.41) is 0.848. The van der Waals surface area contributed by atoms with Gasteiger partial charge in [0, 0.05) is 28.1 Å². The van der Waals surface area contributed by atoms with Crippen LogP contribution < -0.4 is 9.64 Å². The Morgan fingerprint density at radius 2 is 1.85 bits per heavy atom. The van der Waals surface area contributed by atoms with E-state index < -0.39 is 17.7 Å². The van der Waals surface area contributed by atoms with Gasteiger partial charge in [0.1, 0.15) is 23.5 Å². The second-order valence-corrected chi connectivity index (χ2v) is 9.53. The number of anilines is 1. The zero-order chi connectivity index (χ0) is 24.7. The van der Waals surface area contributed by atoms with Crippen molar-refractivity contribution in [2.75, 3.05) is 11.4 Å². The minimum atomic E-state index is -0.689. The summed E-state index contributed by atoms with van der Waals surface area (Å²) in [7, 11) is 0. The summed E-state index contributed by atoms with van der Waals surface area (Å²) in [6.45, 7) is 7.21. The van der Waals surface area contributed by atoms with Crippen LogP contribution in [0.1, 0.15) is 33.3 Å². The molecule has 34 heavy (non-hydrogen) atoms. The Hall–Kier alpha value is -3.14. The largest absolute Gasteiger partial charge is 0.487 e. The molecule has 0 unspecified atom stereocenters. The van der Waals surface area contributed by atoms with Gasteiger partial charge in [-0.05, 0) is 67.1 Å². The highest BCUT2D eigenvalue weighted by Gasteiger charge is 2.26. The predicted molar refractivity (Wildman–Crippen MR) is 140 cm³/mol. The number of hydrogen-bond donors (Lipinski definition) is 0. The quantitative estimate of drug-likeness (QED) is 0.189. The summed E-state index contributed by atoms with van der Waals surface area (Å²) < 4.78 is 17.5. The van der Waals surface area contributed by atoms with Crippen molar-refractivity contribution in [3.8, 4) is 5.75 Å². The molecule has 7 nitrogen and oxygen atoms in total. The maximum absolute atomic E-state index is 13.2. The summed E-state index contributed by atoms with van der Waals surface area (Å²) in [6.07, 6.45) is 4.03. The van der Waals surface area contributed by atoms with Crippen LogP contribution in [-0.2, 0) is 20.9 Å². The molecule has 0 radical (unpaired) electrons. The molecule has 0 aliphatic rings. The first-order chi connectivity index (χ1) is 16.2. The summed E-state index contributed by atoms with van der Waals surface area (Å²) in [5.74, 6) is 0.107. The van der Waals surface area contributed by atoms with E-state index in [-0.39, 0.29) is 6.54 Å². The number of hydrogen-bond acceptors (Lipinski definition) is 6. The zero-order valence-corrected chi connectivity index (χ0v) is 21.7. The number of aromatic nitrogens is 1. The topological polar surface area (TPSA) is 78.0 Å². The number of pyridine rings is 1. The molecule has 0 atom stereocenters. The molecule has 0 fully saturated rings. The van der Waals surface area contributed by atoms with Crippen LogP contribution in [0.25, 0.3) is 10.9 Å². The standard InChI is InChI=1S/C26H27IN2O5/c1-18(30)32-15-9-14-29(25(31)34-26(2,3)4)21-16-22(33-17-19-10-6-5-7-11-19)24-20(23(21)27)12-8-13-28-24/h5-13,15-16H,14,17H2,1-4H3. The minimum Gasteiger partial charge on any atom is -0.487 e. The Morgan fingerprint density at radius 1 is 1.12 bits per heavy atom. The number of fused-ring (bicyclic) bond motifs is 1. The van der Waals surface area contributed by atoms with Gasteiger partial charge in [0.25, 0.3) is 0 Å². The molecule has 0 spiro atoms. The Bertz CT molecular complexity index is 1190. The molecule has 3 aromatic rings. The number of rotatable bonds is 7. The molecule has 178 valence electrons.